The number of carbonyl (C=O) groups excluding carboxylic acids is 2. The summed E-state index contributed by atoms with van der Waals surface area (Å²) in [5, 5.41) is 1.91. The summed E-state index contributed by atoms with van der Waals surface area (Å²) < 4.78 is 13.6. The van der Waals surface area contributed by atoms with Crippen molar-refractivity contribution in [2.45, 2.75) is 64.7 Å². The summed E-state index contributed by atoms with van der Waals surface area (Å²) in [4.78, 5) is 26.8. The van der Waals surface area contributed by atoms with Gasteiger partial charge in [-0.15, -0.1) is 0 Å². The van der Waals surface area contributed by atoms with Crippen LogP contribution in [0.4, 0.5) is 0 Å². The van der Waals surface area contributed by atoms with Gasteiger partial charge in [-0.2, -0.15) is 0 Å². The highest BCUT2D eigenvalue weighted by molar-refractivity contribution is 6.13. The molecule has 0 radical (unpaired) electrons. The van der Waals surface area contributed by atoms with Gasteiger partial charge in [-0.25, -0.2) is 0 Å². The van der Waals surface area contributed by atoms with E-state index < -0.39 is 5.79 Å². The molecule has 37 heavy (non-hydrogen) atoms. The predicted octanol–water partition coefficient (Wildman–Crippen LogP) is 7.69. The standard InChI is InChI=1S/C32H37NO4/c1-5-7-8-9-13-16-30(34)23-17-19-28-26(21-23)27-22-24(18-20-29(27)33(28)6-2)31(35)32(36-3,37-4)25-14-11-10-12-15-25/h10-12,14-15,17-22H,5-9,13,16H2,1-4H3. The van der Waals surface area contributed by atoms with Crippen LogP contribution < -0.4 is 0 Å². The Morgan fingerprint density at radius 1 is 0.757 bits per heavy atom. The Balaban J connectivity index is 1.74. The quantitative estimate of drug-likeness (QED) is 0.107. The number of carbonyl (C=O) groups is 2. The van der Waals surface area contributed by atoms with E-state index in [0.717, 1.165) is 46.8 Å². The first-order valence-corrected chi connectivity index (χ1v) is 13.3. The summed E-state index contributed by atoms with van der Waals surface area (Å²) in [6.45, 7) is 5.07. The number of rotatable bonds is 13. The molecule has 0 aliphatic carbocycles. The van der Waals surface area contributed by atoms with E-state index in [0.29, 0.717) is 17.5 Å². The summed E-state index contributed by atoms with van der Waals surface area (Å²) in [6.07, 6.45) is 6.16. The van der Waals surface area contributed by atoms with Crippen molar-refractivity contribution in [1.29, 1.82) is 0 Å². The number of Topliss-reactive ketones (excluding diaryl/α,β-unsaturated/α-hetero) is 2. The van der Waals surface area contributed by atoms with E-state index in [-0.39, 0.29) is 11.6 Å². The summed E-state index contributed by atoms with van der Waals surface area (Å²) >= 11 is 0. The van der Waals surface area contributed by atoms with Crippen molar-refractivity contribution >= 4 is 33.4 Å². The van der Waals surface area contributed by atoms with Crippen LogP contribution in [0.1, 0.15) is 78.7 Å². The summed E-state index contributed by atoms with van der Waals surface area (Å²) in [6, 6.07) is 20.9. The average Bonchev–Trinajstić information content (AvgIpc) is 3.26. The summed E-state index contributed by atoms with van der Waals surface area (Å²) in [5.74, 6) is -1.65. The first-order valence-electron chi connectivity index (χ1n) is 13.3. The number of hydrogen-bond acceptors (Lipinski definition) is 4. The minimum Gasteiger partial charge on any atom is -0.343 e. The molecule has 0 aliphatic rings. The fraction of sp³-hybridized carbons (Fsp3) is 0.375. The van der Waals surface area contributed by atoms with E-state index in [9.17, 15) is 9.59 Å². The number of benzene rings is 3. The highest BCUT2D eigenvalue weighted by Gasteiger charge is 2.41. The van der Waals surface area contributed by atoms with Gasteiger partial charge in [-0.05, 0) is 49.7 Å². The zero-order valence-corrected chi connectivity index (χ0v) is 22.4. The minimum absolute atomic E-state index is 0.171. The van der Waals surface area contributed by atoms with Gasteiger partial charge in [0, 0.05) is 65.7 Å². The van der Waals surface area contributed by atoms with Gasteiger partial charge in [0.2, 0.25) is 5.78 Å². The lowest BCUT2D eigenvalue weighted by atomic mass is 9.94. The van der Waals surface area contributed by atoms with E-state index in [4.69, 9.17) is 9.47 Å². The number of hydrogen-bond donors (Lipinski definition) is 0. The summed E-state index contributed by atoms with van der Waals surface area (Å²) in [7, 11) is 2.96. The predicted molar refractivity (Wildman–Crippen MR) is 149 cm³/mol. The molecule has 0 bridgehead atoms. The van der Waals surface area contributed by atoms with Crippen LogP contribution in [0.2, 0.25) is 0 Å². The van der Waals surface area contributed by atoms with Gasteiger partial charge in [-0.1, -0.05) is 62.9 Å². The number of aryl methyl sites for hydroxylation is 1. The fourth-order valence-corrected chi connectivity index (χ4v) is 5.28. The van der Waals surface area contributed by atoms with Crippen molar-refractivity contribution in [1.82, 2.24) is 4.57 Å². The number of aromatic nitrogens is 1. The van der Waals surface area contributed by atoms with Gasteiger partial charge >= 0.3 is 0 Å². The third kappa shape index (κ3) is 5.11. The van der Waals surface area contributed by atoms with Gasteiger partial charge in [-0.3, -0.25) is 9.59 Å². The van der Waals surface area contributed by atoms with Crippen molar-refractivity contribution in [3.05, 3.63) is 83.4 Å². The van der Waals surface area contributed by atoms with E-state index in [2.05, 4.69) is 18.4 Å². The zero-order valence-electron chi connectivity index (χ0n) is 22.4. The Labute approximate surface area is 219 Å². The lowest BCUT2D eigenvalue weighted by Gasteiger charge is -2.29. The Hall–Kier alpha value is -3.28. The second-order valence-electron chi connectivity index (χ2n) is 9.52. The number of ether oxygens (including phenoxy) is 2. The monoisotopic (exact) mass is 499 g/mol. The maximum Gasteiger partial charge on any atom is 0.260 e. The Morgan fingerprint density at radius 2 is 1.35 bits per heavy atom. The lowest BCUT2D eigenvalue weighted by molar-refractivity contribution is -0.176. The van der Waals surface area contributed by atoms with Crippen LogP contribution >= 0.6 is 0 Å². The van der Waals surface area contributed by atoms with Gasteiger partial charge in [0.1, 0.15) is 0 Å². The number of methoxy groups -OCH3 is 2. The molecule has 194 valence electrons. The molecule has 0 aliphatic heterocycles. The fourth-order valence-electron chi connectivity index (χ4n) is 5.28. The first-order chi connectivity index (χ1) is 18.0. The Morgan fingerprint density at radius 3 is 1.95 bits per heavy atom. The molecule has 0 spiro atoms. The number of nitrogens with zero attached hydrogens (tertiary/aromatic N) is 1. The van der Waals surface area contributed by atoms with Gasteiger partial charge < -0.3 is 14.0 Å². The number of ketones is 2. The maximum atomic E-state index is 13.8. The van der Waals surface area contributed by atoms with E-state index in [1.54, 1.807) is 0 Å². The molecule has 0 fully saturated rings. The molecule has 0 saturated carbocycles. The van der Waals surface area contributed by atoms with Crippen molar-refractivity contribution in [3.8, 4) is 0 Å². The topological polar surface area (TPSA) is 57.5 Å². The van der Waals surface area contributed by atoms with Crippen LogP contribution in [0, 0.1) is 0 Å². The molecule has 0 unspecified atom stereocenters. The molecule has 5 heteroatoms. The molecule has 0 N–H and O–H groups in total. The second-order valence-corrected chi connectivity index (χ2v) is 9.52. The SMILES string of the molecule is CCCCCCCC(=O)c1ccc2c(c1)c1cc(C(=O)C(OC)(OC)c3ccccc3)ccc1n2CC. The molecule has 0 atom stereocenters. The minimum atomic E-state index is -1.54. The number of unbranched alkanes of at least 4 members (excludes halogenated alkanes) is 4. The molecule has 4 rings (SSSR count). The molecule has 0 saturated heterocycles. The molecular formula is C32H37NO4. The van der Waals surface area contributed by atoms with Crippen LogP contribution in [0.15, 0.2) is 66.7 Å². The normalized spacial score (nSPS) is 11.9. The molecule has 4 aromatic rings. The zero-order chi connectivity index (χ0) is 26.4. The highest BCUT2D eigenvalue weighted by atomic mass is 16.7. The molecule has 1 heterocycles. The smallest absolute Gasteiger partial charge is 0.260 e. The Bertz CT molecular complexity index is 1380. The van der Waals surface area contributed by atoms with Crippen molar-refractivity contribution in [3.63, 3.8) is 0 Å². The largest absolute Gasteiger partial charge is 0.343 e. The maximum absolute atomic E-state index is 13.8. The molecular weight excluding hydrogens is 462 g/mol. The lowest BCUT2D eigenvalue weighted by Crippen LogP contribution is -2.40. The Kier molecular flexibility index (Phi) is 8.57. The highest BCUT2D eigenvalue weighted by Crippen LogP contribution is 2.35. The molecule has 5 nitrogen and oxygen atoms in total. The van der Waals surface area contributed by atoms with Crippen molar-refractivity contribution in [2.24, 2.45) is 0 Å². The van der Waals surface area contributed by atoms with E-state index in [1.165, 1.54) is 33.5 Å². The van der Waals surface area contributed by atoms with Crippen LogP contribution in [-0.2, 0) is 21.8 Å². The molecule has 1 aromatic heterocycles. The number of fused-ring (bicyclic) bond motifs is 3. The molecule has 3 aromatic carbocycles. The second kappa shape index (κ2) is 11.8. The third-order valence-corrected chi connectivity index (χ3v) is 7.30. The first kappa shape index (κ1) is 26.8. The van der Waals surface area contributed by atoms with E-state index in [1.807, 2.05) is 66.7 Å². The average molecular weight is 500 g/mol. The van der Waals surface area contributed by atoms with Crippen LogP contribution in [-0.4, -0.2) is 30.4 Å². The van der Waals surface area contributed by atoms with Crippen molar-refractivity contribution in [2.75, 3.05) is 14.2 Å². The van der Waals surface area contributed by atoms with Gasteiger partial charge in [0.25, 0.3) is 5.79 Å². The van der Waals surface area contributed by atoms with Crippen LogP contribution in [0.3, 0.4) is 0 Å². The third-order valence-electron chi connectivity index (χ3n) is 7.30. The van der Waals surface area contributed by atoms with Gasteiger partial charge in [0.05, 0.1) is 0 Å². The summed E-state index contributed by atoms with van der Waals surface area (Å²) in [5.41, 5.74) is 3.92. The molecule has 0 amide bonds. The van der Waals surface area contributed by atoms with Gasteiger partial charge in [0.15, 0.2) is 5.78 Å². The van der Waals surface area contributed by atoms with Crippen molar-refractivity contribution < 1.29 is 19.1 Å². The van der Waals surface area contributed by atoms with E-state index >= 15 is 0 Å². The van der Waals surface area contributed by atoms with Crippen LogP contribution in [0.25, 0.3) is 21.8 Å². The van der Waals surface area contributed by atoms with Crippen LogP contribution in [0.5, 0.6) is 0 Å².